The zero-order valence-electron chi connectivity index (χ0n) is 30.7. The molecule has 2 aromatic rings. The molecule has 296 valence electrons. The second kappa shape index (κ2) is 23.0. The molecule has 3 aliphatic heterocycles. The molecule has 54 heavy (non-hydrogen) atoms. The van der Waals surface area contributed by atoms with Gasteiger partial charge in [-0.1, -0.05) is 48.0 Å². The van der Waals surface area contributed by atoms with Crippen molar-refractivity contribution in [3.05, 3.63) is 59.9 Å². The van der Waals surface area contributed by atoms with E-state index in [-0.39, 0.29) is 42.6 Å². The Morgan fingerprint density at radius 2 is 1.70 bits per heavy atom. The van der Waals surface area contributed by atoms with Crippen LogP contribution in [0.25, 0.3) is 0 Å². The number of hydrogen-bond donors (Lipinski definition) is 3. The number of aromatic nitrogens is 3. The van der Waals surface area contributed by atoms with Crippen LogP contribution < -0.4 is 16.0 Å². The average molecular weight is 772 g/mol. The molecule has 3 fully saturated rings. The van der Waals surface area contributed by atoms with E-state index in [2.05, 4.69) is 26.3 Å². The van der Waals surface area contributed by atoms with E-state index in [1.807, 2.05) is 48.3 Å². The summed E-state index contributed by atoms with van der Waals surface area (Å²) in [4.78, 5) is 49.6. The van der Waals surface area contributed by atoms with Crippen LogP contribution in [-0.2, 0) is 52.7 Å². The molecular formula is C37H53N7O9S. The lowest BCUT2D eigenvalue weighted by molar-refractivity contribution is -0.124. The first-order valence-electron chi connectivity index (χ1n) is 18.8. The molecule has 1 aromatic carbocycles. The highest BCUT2D eigenvalue weighted by molar-refractivity contribution is 8.00. The van der Waals surface area contributed by atoms with Crippen LogP contribution in [0.5, 0.6) is 0 Å². The van der Waals surface area contributed by atoms with Crippen molar-refractivity contribution in [3.8, 4) is 0 Å². The summed E-state index contributed by atoms with van der Waals surface area (Å²) in [6, 6.07) is 9.78. The van der Waals surface area contributed by atoms with Gasteiger partial charge in [-0.2, -0.15) is 11.8 Å². The number of benzene rings is 1. The van der Waals surface area contributed by atoms with Gasteiger partial charge in [-0.15, -0.1) is 5.10 Å². The van der Waals surface area contributed by atoms with Crippen molar-refractivity contribution in [2.24, 2.45) is 0 Å². The van der Waals surface area contributed by atoms with Crippen molar-refractivity contribution in [1.29, 1.82) is 0 Å². The second-order valence-electron chi connectivity index (χ2n) is 13.2. The maximum atomic E-state index is 12.7. The summed E-state index contributed by atoms with van der Waals surface area (Å²) in [6.07, 6.45) is 9.44. The minimum Gasteiger partial charge on any atom is -0.447 e. The van der Waals surface area contributed by atoms with E-state index in [0.717, 1.165) is 36.3 Å². The summed E-state index contributed by atoms with van der Waals surface area (Å²) >= 11 is 1.90. The van der Waals surface area contributed by atoms with E-state index >= 15 is 0 Å². The summed E-state index contributed by atoms with van der Waals surface area (Å²) in [5, 5.41) is 17.6. The van der Waals surface area contributed by atoms with Crippen molar-refractivity contribution in [1.82, 2.24) is 35.8 Å². The van der Waals surface area contributed by atoms with Crippen LogP contribution in [0.3, 0.4) is 0 Å². The van der Waals surface area contributed by atoms with E-state index in [1.165, 1.54) is 11.0 Å². The fraction of sp³-hybridized carbons (Fsp3) is 0.622. The Kier molecular flexibility index (Phi) is 17.5. The van der Waals surface area contributed by atoms with Crippen LogP contribution in [0.15, 0.2) is 48.7 Å². The molecule has 3 aliphatic rings. The molecule has 0 aliphatic carbocycles. The van der Waals surface area contributed by atoms with E-state index in [0.29, 0.717) is 96.9 Å². The van der Waals surface area contributed by atoms with Crippen LogP contribution in [0.4, 0.5) is 9.59 Å². The Morgan fingerprint density at radius 3 is 2.48 bits per heavy atom. The van der Waals surface area contributed by atoms with Crippen LogP contribution in [0, 0.1) is 0 Å². The third kappa shape index (κ3) is 14.0. The first-order valence-corrected chi connectivity index (χ1v) is 19.9. The Bertz CT molecular complexity index is 1500. The molecule has 5 amide bonds. The zero-order valence-corrected chi connectivity index (χ0v) is 31.6. The van der Waals surface area contributed by atoms with E-state index < -0.39 is 6.09 Å². The number of fused-ring (bicyclic) bond motifs is 1. The van der Waals surface area contributed by atoms with Crippen molar-refractivity contribution in [2.75, 3.05) is 71.8 Å². The number of carbonyl (C=O) groups excluding carboxylic acids is 4. The first-order chi connectivity index (χ1) is 26.5. The number of allylic oxidation sites excluding steroid dienone is 1. The number of urea groups is 1. The van der Waals surface area contributed by atoms with Crippen LogP contribution >= 0.6 is 11.8 Å². The Labute approximate surface area is 320 Å². The summed E-state index contributed by atoms with van der Waals surface area (Å²) in [6.45, 7) is 4.81. The fourth-order valence-electron chi connectivity index (χ4n) is 6.37. The molecule has 16 nitrogen and oxygen atoms in total. The molecule has 0 saturated carbocycles. The number of rotatable bonds is 26. The van der Waals surface area contributed by atoms with Gasteiger partial charge in [-0.25, -0.2) is 19.2 Å². The largest absolute Gasteiger partial charge is 0.447 e. The van der Waals surface area contributed by atoms with E-state index in [1.54, 1.807) is 10.8 Å². The SMILES string of the molecule is O=C(CCCC[C@@H]1SC[C@@H]2NC(=O)N[C@@H]21)NCCOCCOCCOCCOCCn1cc(CC/C=C/C(=O)N2C(=O)OC[C@@H]2Cc2ccccc2)nn1. The fourth-order valence-corrected chi connectivity index (χ4v) is 7.91. The number of imide groups is 1. The van der Waals surface area contributed by atoms with Gasteiger partial charge in [0.05, 0.1) is 83.2 Å². The molecule has 0 bridgehead atoms. The van der Waals surface area contributed by atoms with Gasteiger partial charge in [0.15, 0.2) is 0 Å². The number of aryl methyl sites for hydroxylation is 1. The van der Waals surface area contributed by atoms with Crippen LogP contribution in [0.1, 0.15) is 43.4 Å². The van der Waals surface area contributed by atoms with Crippen molar-refractivity contribution >= 4 is 35.7 Å². The lowest BCUT2D eigenvalue weighted by Gasteiger charge is -2.18. The predicted molar refractivity (Wildman–Crippen MR) is 200 cm³/mol. The molecule has 17 heteroatoms. The summed E-state index contributed by atoms with van der Waals surface area (Å²) < 4.78 is 29.1. The van der Waals surface area contributed by atoms with Crippen molar-refractivity contribution < 1.29 is 42.9 Å². The normalized spacial score (nSPS) is 20.6. The lowest BCUT2D eigenvalue weighted by Crippen LogP contribution is -2.39. The number of nitrogens with one attached hydrogen (secondary N) is 3. The van der Waals surface area contributed by atoms with E-state index in [9.17, 15) is 19.2 Å². The number of thioether (sulfide) groups is 1. The lowest BCUT2D eigenvalue weighted by atomic mass is 10.0. The summed E-state index contributed by atoms with van der Waals surface area (Å²) in [5.41, 5.74) is 1.84. The third-order valence-corrected chi connectivity index (χ3v) is 10.7. The van der Waals surface area contributed by atoms with Crippen molar-refractivity contribution in [2.45, 2.75) is 74.9 Å². The molecule has 1 aromatic heterocycles. The molecule has 3 saturated heterocycles. The maximum absolute atomic E-state index is 12.7. The van der Waals surface area contributed by atoms with Gasteiger partial charge in [0.2, 0.25) is 5.91 Å². The number of amides is 5. The van der Waals surface area contributed by atoms with Crippen LogP contribution in [0.2, 0.25) is 0 Å². The van der Waals surface area contributed by atoms with Gasteiger partial charge in [0.25, 0.3) is 5.91 Å². The molecule has 4 heterocycles. The number of nitrogens with zero attached hydrogens (tertiary/aromatic N) is 4. The Hall–Kier alpha value is -4.03. The third-order valence-electron chi connectivity index (χ3n) is 9.16. The Morgan fingerprint density at radius 1 is 0.963 bits per heavy atom. The first kappa shape index (κ1) is 41.1. The maximum Gasteiger partial charge on any atom is 0.417 e. The highest BCUT2D eigenvalue weighted by Gasteiger charge is 2.42. The van der Waals surface area contributed by atoms with Gasteiger partial charge < -0.3 is 39.6 Å². The van der Waals surface area contributed by atoms with Gasteiger partial charge in [-0.3, -0.25) is 9.59 Å². The number of unbranched alkanes of at least 4 members (excludes halogenated alkanes) is 1. The van der Waals surface area contributed by atoms with Gasteiger partial charge in [0, 0.05) is 30.2 Å². The van der Waals surface area contributed by atoms with Crippen LogP contribution in [-0.4, -0.2) is 139 Å². The minimum absolute atomic E-state index is 0.0335. The van der Waals surface area contributed by atoms with Gasteiger partial charge in [-0.05, 0) is 43.7 Å². The highest BCUT2D eigenvalue weighted by Crippen LogP contribution is 2.33. The summed E-state index contributed by atoms with van der Waals surface area (Å²) in [5.74, 6) is 0.604. The Balaban J connectivity index is 0.774. The smallest absolute Gasteiger partial charge is 0.417 e. The number of cyclic esters (lactones) is 1. The molecule has 5 rings (SSSR count). The molecule has 0 unspecified atom stereocenters. The quantitative estimate of drug-likeness (QED) is 0.0722. The monoisotopic (exact) mass is 771 g/mol. The number of ether oxygens (including phenoxy) is 5. The molecule has 3 N–H and O–H groups in total. The van der Waals surface area contributed by atoms with Gasteiger partial charge >= 0.3 is 12.1 Å². The molecular weight excluding hydrogens is 719 g/mol. The second-order valence-corrected chi connectivity index (χ2v) is 14.5. The zero-order chi connectivity index (χ0) is 37.8. The number of hydrogen-bond acceptors (Lipinski definition) is 12. The molecule has 4 atom stereocenters. The van der Waals surface area contributed by atoms with Gasteiger partial charge in [0.1, 0.15) is 6.61 Å². The molecule has 0 spiro atoms. The topological polar surface area (TPSA) is 184 Å². The number of carbonyl (C=O) groups is 4. The average Bonchev–Trinajstić information content (AvgIpc) is 3.96. The predicted octanol–water partition coefficient (Wildman–Crippen LogP) is 2.27. The molecule has 0 radical (unpaired) electrons. The standard InChI is InChI=1S/C37H53N7O9S/c45-33(12-6-5-11-32-35-31(27-54-32)39-36(47)40-35)38-14-16-49-18-20-51-22-23-52-21-19-50-17-15-43-25-29(41-42-43)10-4-7-13-34(46)44-30(26-53-37(44)48)24-28-8-2-1-3-9-28/h1-3,7-9,13,25,30-32,35H,4-6,10-12,14-24,26-27H2,(H,38,45)(H2,39,40,47)/b13-7+/t30-,31-,32-,35-/m0/s1. The highest BCUT2D eigenvalue weighted by atomic mass is 32.2. The minimum atomic E-state index is -0.609. The van der Waals surface area contributed by atoms with E-state index in [4.69, 9.17) is 23.7 Å². The van der Waals surface area contributed by atoms with Crippen molar-refractivity contribution in [3.63, 3.8) is 0 Å². The summed E-state index contributed by atoms with van der Waals surface area (Å²) in [7, 11) is 0.